The SMILES string of the molecule is O=C(O)C(F)(F)F.O=C(c1cccc(F)c1)N1CCC2(CC(Oc3cccnc3)CO2)C1. The number of benzene rings is 1. The Morgan fingerprint density at radius 1 is 1.25 bits per heavy atom. The number of rotatable bonds is 3. The molecule has 3 heterocycles. The number of ether oxygens (including phenoxy) is 2. The number of carbonyl (C=O) groups excluding carboxylic acids is 1. The van der Waals surface area contributed by atoms with Gasteiger partial charge in [0.25, 0.3) is 5.91 Å². The summed E-state index contributed by atoms with van der Waals surface area (Å²) in [5.41, 5.74) is 0.00812. The Morgan fingerprint density at radius 3 is 2.62 bits per heavy atom. The van der Waals surface area contributed by atoms with Crippen LogP contribution in [0.1, 0.15) is 23.2 Å². The number of alkyl halides is 3. The van der Waals surface area contributed by atoms with Gasteiger partial charge in [-0.2, -0.15) is 13.2 Å². The predicted octanol–water partition coefficient (Wildman–Crippen LogP) is 3.31. The first kappa shape index (κ1) is 23.5. The fourth-order valence-electron chi connectivity index (χ4n) is 3.59. The average Bonchev–Trinajstić information content (AvgIpc) is 3.34. The topological polar surface area (TPSA) is 89.0 Å². The molecular weight excluding hydrogens is 436 g/mol. The third-order valence-corrected chi connectivity index (χ3v) is 5.03. The lowest BCUT2D eigenvalue weighted by Crippen LogP contribution is -2.36. The molecule has 0 radical (unpaired) electrons. The van der Waals surface area contributed by atoms with E-state index in [1.807, 2.05) is 12.1 Å². The largest absolute Gasteiger partial charge is 0.490 e. The number of aliphatic carboxylic acids is 1. The number of amides is 1. The van der Waals surface area contributed by atoms with Crippen molar-refractivity contribution in [3.05, 3.63) is 60.2 Å². The zero-order chi connectivity index (χ0) is 23.4. The summed E-state index contributed by atoms with van der Waals surface area (Å²) in [5, 5.41) is 7.12. The molecule has 4 rings (SSSR count). The molecule has 7 nitrogen and oxygen atoms in total. The van der Waals surface area contributed by atoms with Gasteiger partial charge in [-0.05, 0) is 36.8 Å². The van der Waals surface area contributed by atoms with Crippen molar-refractivity contribution in [2.75, 3.05) is 19.7 Å². The van der Waals surface area contributed by atoms with E-state index in [1.165, 1.54) is 12.1 Å². The Balaban J connectivity index is 0.000000360. The maximum Gasteiger partial charge on any atom is 0.490 e. The van der Waals surface area contributed by atoms with Crippen molar-refractivity contribution in [1.82, 2.24) is 9.88 Å². The summed E-state index contributed by atoms with van der Waals surface area (Å²) in [5.74, 6) is -2.59. The summed E-state index contributed by atoms with van der Waals surface area (Å²) in [7, 11) is 0. The first-order chi connectivity index (χ1) is 15.1. The zero-order valence-electron chi connectivity index (χ0n) is 16.7. The van der Waals surface area contributed by atoms with Gasteiger partial charge in [0.15, 0.2) is 0 Å². The normalized spacial score (nSPS) is 22.4. The molecule has 0 saturated carbocycles. The molecule has 32 heavy (non-hydrogen) atoms. The molecule has 1 aromatic carbocycles. The van der Waals surface area contributed by atoms with Crippen molar-refractivity contribution in [1.29, 1.82) is 0 Å². The molecule has 2 atom stereocenters. The third-order valence-electron chi connectivity index (χ3n) is 5.03. The van der Waals surface area contributed by atoms with Crippen LogP contribution in [0.2, 0.25) is 0 Å². The van der Waals surface area contributed by atoms with E-state index in [9.17, 15) is 22.4 Å². The monoisotopic (exact) mass is 456 g/mol. The van der Waals surface area contributed by atoms with E-state index in [0.717, 1.165) is 18.6 Å². The molecular formula is C21H20F4N2O5. The van der Waals surface area contributed by atoms with Gasteiger partial charge in [-0.25, -0.2) is 9.18 Å². The molecule has 1 spiro atoms. The van der Waals surface area contributed by atoms with Gasteiger partial charge < -0.3 is 19.5 Å². The highest BCUT2D eigenvalue weighted by Gasteiger charge is 2.47. The van der Waals surface area contributed by atoms with Crippen molar-refractivity contribution < 1.29 is 41.7 Å². The molecule has 2 saturated heterocycles. The summed E-state index contributed by atoms with van der Waals surface area (Å²) in [6.07, 6.45) is -0.255. The average molecular weight is 456 g/mol. The van der Waals surface area contributed by atoms with E-state index in [4.69, 9.17) is 19.4 Å². The second-order valence-electron chi connectivity index (χ2n) is 7.42. The highest BCUT2D eigenvalue weighted by atomic mass is 19.4. The van der Waals surface area contributed by atoms with Gasteiger partial charge in [0.05, 0.1) is 24.9 Å². The van der Waals surface area contributed by atoms with Gasteiger partial charge in [-0.3, -0.25) is 9.78 Å². The van der Waals surface area contributed by atoms with Crippen LogP contribution in [0.4, 0.5) is 17.6 Å². The molecule has 2 aliphatic heterocycles. The third kappa shape index (κ3) is 5.94. The quantitative estimate of drug-likeness (QED) is 0.713. The first-order valence-electron chi connectivity index (χ1n) is 9.64. The van der Waals surface area contributed by atoms with Gasteiger partial charge in [-0.1, -0.05) is 6.07 Å². The molecule has 0 bridgehead atoms. The van der Waals surface area contributed by atoms with E-state index in [2.05, 4.69) is 4.98 Å². The number of carbonyl (C=O) groups is 2. The van der Waals surface area contributed by atoms with Crippen LogP contribution in [0.5, 0.6) is 5.75 Å². The van der Waals surface area contributed by atoms with E-state index in [1.54, 1.807) is 29.4 Å². The highest BCUT2D eigenvalue weighted by Crippen LogP contribution is 2.37. The molecule has 2 fully saturated rings. The second kappa shape index (κ2) is 9.51. The van der Waals surface area contributed by atoms with Crippen LogP contribution in [-0.4, -0.2) is 64.4 Å². The molecule has 11 heteroatoms. The summed E-state index contributed by atoms with van der Waals surface area (Å²) in [6.45, 7) is 1.61. The summed E-state index contributed by atoms with van der Waals surface area (Å²) >= 11 is 0. The van der Waals surface area contributed by atoms with E-state index in [0.29, 0.717) is 25.3 Å². The smallest absolute Gasteiger partial charge is 0.486 e. The van der Waals surface area contributed by atoms with Gasteiger partial charge in [0.1, 0.15) is 17.7 Å². The number of aromatic nitrogens is 1. The zero-order valence-corrected chi connectivity index (χ0v) is 16.7. The van der Waals surface area contributed by atoms with Crippen molar-refractivity contribution in [2.24, 2.45) is 0 Å². The summed E-state index contributed by atoms with van der Waals surface area (Å²) in [6, 6.07) is 9.50. The Kier molecular flexibility index (Phi) is 6.97. The first-order valence-corrected chi connectivity index (χ1v) is 9.64. The van der Waals surface area contributed by atoms with Crippen LogP contribution in [0.15, 0.2) is 48.8 Å². The van der Waals surface area contributed by atoms with E-state index < -0.39 is 18.0 Å². The summed E-state index contributed by atoms with van der Waals surface area (Å²) in [4.78, 5) is 27.3. The van der Waals surface area contributed by atoms with Crippen molar-refractivity contribution in [3.63, 3.8) is 0 Å². The number of pyridine rings is 1. The minimum atomic E-state index is -5.08. The van der Waals surface area contributed by atoms with Gasteiger partial charge >= 0.3 is 12.1 Å². The molecule has 1 N–H and O–H groups in total. The molecule has 2 aliphatic rings. The highest BCUT2D eigenvalue weighted by molar-refractivity contribution is 5.94. The lowest BCUT2D eigenvalue weighted by atomic mass is 9.98. The maximum atomic E-state index is 13.4. The minimum absolute atomic E-state index is 0.0478. The Morgan fingerprint density at radius 2 is 2.00 bits per heavy atom. The van der Waals surface area contributed by atoms with Gasteiger partial charge in [0, 0.05) is 24.7 Å². The number of hydrogen-bond donors (Lipinski definition) is 1. The van der Waals surface area contributed by atoms with E-state index in [-0.39, 0.29) is 17.6 Å². The maximum absolute atomic E-state index is 13.4. The molecule has 1 amide bonds. The number of likely N-dealkylation sites (tertiary alicyclic amines) is 1. The van der Waals surface area contributed by atoms with E-state index >= 15 is 0 Å². The molecule has 2 aromatic rings. The Bertz CT molecular complexity index is 957. The molecule has 1 aromatic heterocycles. The van der Waals surface area contributed by atoms with Crippen LogP contribution in [0.25, 0.3) is 0 Å². The lowest BCUT2D eigenvalue weighted by Gasteiger charge is -2.23. The lowest BCUT2D eigenvalue weighted by molar-refractivity contribution is -0.192. The standard InChI is InChI=1S/C19H19FN2O3.C2HF3O2/c20-15-4-1-3-14(9-15)18(23)22-8-6-19(13-22)10-17(12-24-19)25-16-5-2-7-21-11-16;3-2(4,5)1(6)7/h1-5,7,9,11,17H,6,8,10,12-13H2;(H,6,7). The van der Waals surface area contributed by atoms with Crippen LogP contribution in [0.3, 0.4) is 0 Å². The van der Waals surface area contributed by atoms with Crippen LogP contribution in [-0.2, 0) is 9.53 Å². The predicted molar refractivity (Wildman–Crippen MR) is 103 cm³/mol. The molecule has 0 aliphatic carbocycles. The number of hydrogen-bond acceptors (Lipinski definition) is 5. The van der Waals surface area contributed by atoms with Gasteiger partial charge in [-0.15, -0.1) is 0 Å². The van der Waals surface area contributed by atoms with Crippen molar-refractivity contribution in [2.45, 2.75) is 30.7 Å². The van der Waals surface area contributed by atoms with Gasteiger partial charge in [0.2, 0.25) is 0 Å². The minimum Gasteiger partial charge on any atom is -0.486 e. The summed E-state index contributed by atoms with van der Waals surface area (Å²) < 4.78 is 57.0. The molecule has 2 unspecified atom stereocenters. The molecule has 172 valence electrons. The number of carboxylic acid groups (broad SMARTS) is 1. The number of nitrogens with zero attached hydrogens (tertiary/aromatic N) is 2. The second-order valence-corrected chi connectivity index (χ2v) is 7.42. The van der Waals surface area contributed by atoms with Crippen LogP contribution >= 0.6 is 0 Å². The fraction of sp³-hybridized carbons (Fsp3) is 0.381. The number of carboxylic acids is 1. The van der Waals surface area contributed by atoms with Crippen LogP contribution in [0, 0.1) is 5.82 Å². The van der Waals surface area contributed by atoms with Crippen molar-refractivity contribution >= 4 is 11.9 Å². The Labute approximate surface area is 180 Å². The number of halogens is 4. The van der Waals surface area contributed by atoms with Crippen LogP contribution < -0.4 is 4.74 Å². The fourth-order valence-corrected chi connectivity index (χ4v) is 3.59. The van der Waals surface area contributed by atoms with Crippen molar-refractivity contribution in [3.8, 4) is 5.75 Å². The Hall–Kier alpha value is -3.21.